The number of rotatable bonds is 8. The second-order valence-electron chi connectivity index (χ2n) is 7.74. The molecule has 0 bridgehead atoms. The van der Waals surface area contributed by atoms with Gasteiger partial charge in [-0.15, -0.1) is 10.4 Å². The van der Waals surface area contributed by atoms with E-state index >= 15 is 0 Å². The molecule has 2 heterocycles. The minimum Gasteiger partial charge on any atom is -0.462 e. The topological polar surface area (TPSA) is 169 Å². The number of aliphatic hydroxyl groups is 2. The lowest BCUT2D eigenvalue weighted by molar-refractivity contribution is -0.149. The summed E-state index contributed by atoms with van der Waals surface area (Å²) < 4.78 is 42.0. The molecule has 3 unspecified atom stereocenters. The first-order valence-electron chi connectivity index (χ1n) is 9.85. The number of aliphatic hydroxyl groups excluding tert-OH is 1. The number of aromatic amines is 1. The molecule has 34 heavy (non-hydrogen) atoms. The zero-order valence-electron chi connectivity index (χ0n) is 18.6. The van der Waals surface area contributed by atoms with Crippen LogP contribution in [0.3, 0.4) is 0 Å². The van der Waals surface area contributed by atoms with E-state index < -0.39 is 72.8 Å². The van der Waals surface area contributed by atoms with Crippen LogP contribution in [0, 0.1) is 17.7 Å². The number of hydrogen-bond acceptors (Lipinski definition) is 9. The Balaban J connectivity index is 2.32. The summed E-state index contributed by atoms with van der Waals surface area (Å²) in [5.41, 5.74) is -5.12. The Kier molecular flexibility index (Phi) is 8.63. The van der Waals surface area contributed by atoms with Gasteiger partial charge < -0.3 is 19.7 Å². The first-order valence-corrected chi connectivity index (χ1v) is 11.0. The van der Waals surface area contributed by atoms with Gasteiger partial charge in [-0.1, -0.05) is 11.0 Å². The lowest BCUT2D eigenvalue weighted by Crippen LogP contribution is -2.55. The summed E-state index contributed by atoms with van der Waals surface area (Å²) in [5.74, 6) is 2.43. The van der Waals surface area contributed by atoms with Gasteiger partial charge in [0.15, 0.2) is 11.8 Å². The highest BCUT2D eigenvalue weighted by atomic mass is 31.1. The summed E-state index contributed by atoms with van der Waals surface area (Å²) in [5, 5.41) is 21.4. The van der Waals surface area contributed by atoms with Crippen molar-refractivity contribution in [1.29, 1.82) is 0 Å². The van der Waals surface area contributed by atoms with Gasteiger partial charge in [0.1, 0.15) is 33.9 Å². The second kappa shape index (κ2) is 10.5. The molecular formula is C18H22B2FN3O9P+. The summed E-state index contributed by atoms with van der Waals surface area (Å²) in [6.45, 7) is 5.85. The number of ether oxygens (including phenoxy) is 2. The van der Waals surface area contributed by atoms with Crippen LogP contribution in [0.4, 0.5) is 4.39 Å². The Morgan fingerprint density at radius 2 is 2.06 bits per heavy atom. The molecular weight excluding hydrogens is 474 g/mol. The Morgan fingerprint density at radius 3 is 2.62 bits per heavy atom. The second-order valence-corrected chi connectivity index (χ2v) is 8.69. The third kappa shape index (κ3) is 5.83. The zero-order chi connectivity index (χ0) is 26.0. The van der Waals surface area contributed by atoms with Crippen LogP contribution < -0.4 is 16.3 Å². The van der Waals surface area contributed by atoms with Crippen molar-refractivity contribution in [3.05, 3.63) is 32.9 Å². The van der Waals surface area contributed by atoms with Crippen LogP contribution in [0.1, 0.15) is 33.9 Å². The first-order chi connectivity index (χ1) is 15.6. The average molecular weight is 496 g/mol. The number of esters is 1. The molecule has 16 heteroatoms. The van der Waals surface area contributed by atoms with E-state index in [-0.39, 0.29) is 0 Å². The first kappa shape index (κ1) is 27.9. The van der Waals surface area contributed by atoms with Gasteiger partial charge in [0.05, 0.1) is 17.7 Å². The molecule has 1 saturated heterocycles. The monoisotopic (exact) mass is 496 g/mol. The van der Waals surface area contributed by atoms with Crippen molar-refractivity contribution in [2.24, 2.45) is 0 Å². The van der Waals surface area contributed by atoms with Crippen molar-refractivity contribution in [3.8, 4) is 11.8 Å². The molecule has 1 aliphatic heterocycles. The van der Waals surface area contributed by atoms with E-state index in [4.69, 9.17) is 29.7 Å². The van der Waals surface area contributed by atoms with Gasteiger partial charge in [-0.05, 0) is 32.3 Å². The predicted octanol–water partition coefficient (Wildman–Crippen LogP) is -1.72. The van der Waals surface area contributed by atoms with E-state index in [1.807, 2.05) is 0 Å². The largest absolute Gasteiger partial charge is 0.612 e. The van der Waals surface area contributed by atoms with Gasteiger partial charge in [0.25, 0.3) is 5.56 Å². The van der Waals surface area contributed by atoms with Gasteiger partial charge in [0, 0.05) is 0 Å². The molecule has 6 atom stereocenters. The third-order valence-corrected chi connectivity index (χ3v) is 5.66. The number of carbonyl (C=O) groups excluding carboxylic acids is 1. The molecule has 1 fully saturated rings. The number of hydrogen-bond donors (Lipinski definition) is 4. The molecule has 12 nitrogen and oxygen atoms in total. The van der Waals surface area contributed by atoms with Gasteiger partial charge in [0.2, 0.25) is 5.82 Å². The number of nitrogens with one attached hydrogen (secondary N) is 2. The van der Waals surface area contributed by atoms with Crippen LogP contribution >= 0.6 is 8.18 Å². The van der Waals surface area contributed by atoms with E-state index in [2.05, 4.69) is 16.9 Å². The van der Waals surface area contributed by atoms with Gasteiger partial charge >= 0.3 is 19.8 Å². The van der Waals surface area contributed by atoms with Crippen LogP contribution in [-0.2, 0) is 23.4 Å². The maximum absolute atomic E-state index is 13.8. The van der Waals surface area contributed by atoms with Crippen LogP contribution in [0.25, 0.3) is 0 Å². The highest BCUT2D eigenvalue weighted by molar-refractivity contribution is 7.37. The van der Waals surface area contributed by atoms with Crippen LogP contribution in [-0.4, -0.2) is 76.8 Å². The molecule has 0 amide bonds. The van der Waals surface area contributed by atoms with E-state index in [0.717, 1.165) is 0 Å². The third-order valence-electron chi connectivity index (χ3n) is 4.58. The van der Waals surface area contributed by atoms with Crippen LogP contribution in [0.5, 0.6) is 0 Å². The Hall–Kier alpha value is -2.33. The molecule has 1 aromatic rings. The van der Waals surface area contributed by atoms with Gasteiger partial charge in [-0.3, -0.25) is 19.1 Å². The number of carbonyl (C=O) groups is 1. The predicted molar refractivity (Wildman–Crippen MR) is 116 cm³/mol. The molecule has 0 aliphatic carbocycles. The number of aromatic nitrogens is 2. The van der Waals surface area contributed by atoms with Crippen molar-refractivity contribution in [2.75, 3.05) is 0 Å². The lowest BCUT2D eigenvalue weighted by atomic mass is 9.60. The van der Waals surface area contributed by atoms with Gasteiger partial charge in [-0.2, -0.15) is 4.39 Å². The van der Waals surface area contributed by atoms with Gasteiger partial charge in [-0.25, -0.2) is 4.79 Å². The molecule has 4 N–H and O–H groups in total. The molecule has 180 valence electrons. The van der Waals surface area contributed by atoms with Crippen molar-refractivity contribution < 1.29 is 38.0 Å². The molecule has 1 aromatic heterocycles. The summed E-state index contributed by atoms with van der Waals surface area (Å²) in [6.07, 6.45) is -5.88. The summed E-state index contributed by atoms with van der Waals surface area (Å²) in [7, 11) is 8.74. The standard InChI is InChI=1S/C18H21B2FN3O9P/c1-5-6-17(29)11(25)12(32-15(17)24-7-10(21)13(26)22-16(24)28)18(19,20)33-34(30)23-9(4)14(27)31-8(2)3/h7-9,11-12,15,25,29H,1-4H3,(H-,22,23,26,28,30)/p+1/t9-,11?,12?,15+,17+/m0/s1. The van der Waals surface area contributed by atoms with Crippen molar-refractivity contribution in [1.82, 2.24) is 14.6 Å². The van der Waals surface area contributed by atoms with Crippen LogP contribution in [0.15, 0.2) is 15.8 Å². The van der Waals surface area contributed by atoms with Crippen molar-refractivity contribution >= 4 is 29.8 Å². The maximum atomic E-state index is 13.8. The fourth-order valence-corrected chi connectivity index (χ4v) is 3.93. The van der Waals surface area contributed by atoms with Crippen molar-refractivity contribution in [2.45, 2.75) is 69.3 Å². The Bertz CT molecular complexity index is 1130. The highest BCUT2D eigenvalue weighted by Gasteiger charge is 2.61. The SMILES string of the molecule is [B]C([B])(O[P+](=O)N[C@@H](C)C(=O)OC(C)C)C1O[C@@H](n2cc(F)c(=O)[nH]c2=O)[C@@](O)(C#CC)C1O. The number of halogens is 1. The Morgan fingerprint density at radius 1 is 1.44 bits per heavy atom. The fraction of sp³-hybridized carbons (Fsp3) is 0.611. The number of nitrogens with zero attached hydrogens (tertiary/aromatic N) is 1. The van der Waals surface area contributed by atoms with E-state index in [1.165, 1.54) is 13.8 Å². The molecule has 4 radical (unpaired) electrons. The van der Waals surface area contributed by atoms with E-state index in [0.29, 0.717) is 10.8 Å². The molecule has 0 spiro atoms. The summed E-state index contributed by atoms with van der Waals surface area (Å²) in [6, 6.07) is -1.10. The summed E-state index contributed by atoms with van der Waals surface area (Å²) in [4.78, 5) is 37.1. The van der Waals surface area contributed by atoms with Crippen molar-refractivity contribution in [3.63, 3.8) is 0 Å². The molecule has 1 aliphatic rings. The highest BCUT2D eigenvalue weighted by Crippen LogP contribution is 2.42. The fourth-order valence-electron chi connectivity index (χ4n) is 3.06. The molecule has 0 aromatic carbocycles. The normalized spacial score (nSPS) is 26.0. The maximum Gasteiger partial charge on any atom is 0.612 e. The minimum absolute atomic E-state index is 0.433. The lowest BCUT2D eigenvalue weighted by Gasteiger charge is -2.30. The smallest absolute Gasteiger partial charge is 0.462 e. The number of H-pyrrole nitrogens is 1. The quantitative estimate of drug-likeness (QED) is 0.141. The summed E-state index contributed by atoms with van der Waals surface area (Å²) >= 11 is 0. The molecule has 0 saturated carbocycles. The Labute approximate surface area is 196 Å². The average Bonchev–Trinajstić information content (AvgIpc) is 2.95. The van der Waals surface area contributed by atoms with E-state index in [9.17, 15) is 33.6 Å². The van der Waals surface area contributed by atoms with Crippen LogP contribution in [0.2, 0.25) is 0 Å². The molecule has 2 rings (SSSR count). The van der Waals surface area contributed by atoms with E-state index in [1.54, 1.807) is 18.8 Å². The zero-order valence-corrected chi connectivity index (χ0v) is 19.5. The minimum atomic E-state index is -2.96.